The quantitative estimate of drug-likeness (QED) is 0.658. The van der Waals surface area contributed by atoms with Gasteiger partial charge in [-0.25, -0.2) is 0 Å². The van der Waals surface area contributed by atoms with Crippen molar-refractivity contribution in [3.05, 3.63) is 0 Å². The zero-order valence-corrected chi connectivity index (χ0v) is 13.1. The van der Waals surface area contributed by atoms with Crippen LogP contribution in [0.1, 0.15) is 72.6 Å². The van der Waals surface area contributed by atoms with Gasteiger partial charge in [0, 0.05) is 5.92 Å². The summed E-state index contributed by atoms with van der Waals surface area (Å²) in [4.78, 5) is 12.1. The Bertz CT molecular complexity index is 323. The van der Waals surface area contributed by atoms with Crippen LogP contribution in [-0.2, 0) is 9.53 Å². The molecule has 0 heterocycles. The van der Waals surface area contributed by atoms with Crippen LogP contribution in [-0.4, -0.2) is 11.6 Å². The van der Waals surface area contributed by atoms with Crippen molar-refractivity contribution in [3.63, 3.8) is 0 Å². The molecule has 0 aromatic carbocycles. The molecule has 0 N–H and O–H groups in total. The average Bonchev–Trinajstić information content (AvgIpc) is 2.98. The molecular weight excluding hydrogens is 236 g/mol. The third-order valence-corrected chi connectivity index (χ3v) is 5.35. The first-order valence-electron chi connectivity index (χ1n) is 8.19. The molecule has 0 saturated heterocycles. The average molecular weight is 266 g/mol. The normalized spacial score (nSPS) is 32.6. The highest BCUT2D eigenvalue weighted by molar-refractivity contribution is 5.72. The van der Waals surface area contributed by atoms with Crippen molar-refractivity contribution in [2.45, 2.75) is 78.2 Å². The molecule has 0 radical (unpaired) electrons. The fraction of sp³-hybridized carbons (Fsp3) is 0.941. The van der Waals surface area contributed by atoms with E-state index in [1.54, 1.807) is 0 Å². The Kier molecular flexibility index (Phi) is 4.58. The van der Waals surface area contributed by atoms with Crippen LogP contribution in [0.25, 0.3) is 0 Å². The van der Waals surface area contributed by atoms with E-state index in [9.17, 15) is 4.79 Å². The van der Waals surface area contributed by atoms with Crippen LogP contribution >= 0.6 is 0 Å². The summed E-state index contributed by atoms with van der Waals surface area (Å²) in [5.74, 6) is 2.31. The molecule has 2 nitrogen and oxygen atoms in total. The number of esters is 1. The summed E-state index contributed by atoms with van der Waals surface area (Å²) in [6.45, 7) is 8.28. The molecule has 2 saturated carbocycles. The van der Waals surface area contributed by atoms with E-state index in [-0.39, 0.29) is 17.5 Å². The number of hydrogen-bond acceptors (Lipinski definition) is 2. The minimum Gasteiger partial charge on any atom is -0.459 e. The predicted molar refractivity (Wildman–Crippen MR) is 77.8 cm³/mol. The molecule has 19 heavy (non-hydrogen) atoms. The fourth-order valence-corrected chi connectivity index (χ4v) is 4.18. The first kappa shape index (κ1) is 14.9. The Morgan fingerprint density at radius 3 is 2.53 bits per heavy atom. The lowest BCUT2D eigenvalue weighted by Crippen LogP contribution is -2.43. The zero-order valence-electron chi connectivity index (χ0n) is 13.1. The largest absolute Gasteiger partial charge is 0.459 e. The number of hydrogen-bond donors (Lipinski definition) is 0. The van der Waals surface area contributed by atoms with Gasteiger partial charge in [-0.15, -0.1) is 0 Å². The Hall–Kier alpha value is -0.530. The number of rotatable bonds is 6. The van der Waals surface area contributed by atoms with Crippen molar-refractivity contribution >= 4 is 5.97 Å². The van der Waals surface area contributed by atoms with E-state index in [0.29, 0.717) is 5.92 Å². The molecule has 0 spiro atoms. The Morgan fingerprint density at radius 2 is 2.05 bits per heavy atom. The van der Waals surface area contributed by atoms with Crippen LogP contribution < -0.4 is 0 Å². The monoisotopic (exact) mass is 266 g/mol. The van der Waals surface area contributed by atoms with Crippen LogP contribution in [0.2, 0.25) is 0 Å². The molecule has 2 heteroatoms. The van der Waals surface area contributed by atoms with Gasteiger partial charge in [0.25, 0.3) is 0 Å². The maximum absolute atomic E-state index is 12.1. The van der Waals surface area contributed by atoms with Gasteiger partial charge in [0.15, 0.2) is 0 Å². The van der Waals surface area contributed by atoms with Gasteiger partial charge in [0.2, 0.25) is 0 Å². The highest BCUT2D eigenvalue weighted by atomic mass is 16.6. The fourth-order valence-electron chi connectivity index (χ4n) is 4.18. The van der Waals surface area contributed by atoms with Crippen LogP contribution in [0, 0.1) is 23.7 Å². The maximum atomic E-state index is 12.1. The van der Waals surface area contributed by atoms with E-state index in [1.807, 2.05) is 13.8 Å². The number of carbonyl (C=O) groups is 1. The van der Waals surface area contributed by atoms with Gasteiger partial charge in [-0.05, 0) is 50.9 Å². The van der Waals surface area contributed by atoms with Crippen LogP contribution in [0.4, 0.5) is 0 Å². The van der Waals surface area contributed by atoms with E-state index < -0.39 is 0 Å². The summed E-state index contributed by atoms with van der Waals surface area (Å²) >= 11 is 0. The molecule has 4 atom stereocenters. The van der Waals surface area contributed by atoms with Crippen LogP contribution in [0.15, 0.2) is 0 Å². The lowest BCUT2D eigenvalue weighted by Gasteiger charge is -2.40. The molecule has 0 aromatic heterocycles. The van der Waals surface area contributed by atoms with Crippen molar-refractivity contribution in [1.82, 2.24) is 0 Å². The topological polar surface area (TPSA) is 26.3 Å². The molecule has 2 aliphatic carbocycles. The molecule has 2 fully saturated rings. The van der Waals surface area contributed by atoms with Gasteiger partial charge in [-0.2, -0.15) is 0 Å². The number of unbranched alkanes of at least 4 members (excludes halogenated alkanes) is 1. The molecule has 4 unspecified atom stereocenters. The molecular formula is C17H30O2. The second kappa shape index (κ2) is 5.85. The molecule has 2 aliphatic rings. The predicted octanol–water partition coefficient (Wildman–Crippen LogP) is 4.57. The summed E-state index contributed by atoms with van der Waals surface area (Å²) in [5.41, 5.74) is -0.211. The molecule has 110 valence electrons. The van der Waals surface area contributed by atoms with Gasteiger partial charge in [0.05, 0.1) is 5.92 Å². The van der Waals surface area contributed by atoms with E-state index >= 15 is 0 Å². The van der Waals surface area contributed by atoms with Gasteiger partial charge in [-0.3, -0.25) is 4.79 Å². The smallest absolute Gasteiger partial charge is 0.308 e. The van der Waals surface area contributed by atoms with E-state index in [4.69, 9.17) is 4.74 Å². The third-order valence-electron chi connectivity index (χ3n) is 5.35. The summed E-state index contributed by atoms with van der Waals surface area (Å²) in [5, 5.41) is 0. The van der Waals surface area contributed by atoms with Crippen molar-refractivity contribution < 1.29 is 9.53 Å². The van der Waals surface area contributed by atoms with Crippen molar-refractivity contribution in [2.75, 3.05) is 0 Å². The Balaban J connectivity index is 2.07. The first-order chi connectivity index (χ1) is 8.96. The summed E-state index contributed by atoms with van der Waals surface area (Å²) in [6.07, 6.45) is 8.81. The van der Waals surface area contributed by atoms with Crippen molar-refractivity contribution in [3.8, 4) is 0 Å². The second-order valence-electron chi connectivity index (χ2n) is 7.27. The third kappa shape index (κ3) is 3.14. The maximum Gasteiger partial charge on any atom is 0.308 e. The van der Waals surface area contributed by atoms with Crippen LogP contribution in [0.5, 0.6) is 0 Å². The number of fused-ring (bicyclic) bond motifs is 2. The van der Waals surface area contributed by atoms with Crippen molar-refractivity contribution in [2.24, 2.45) is 23.7 Å². The van der Waals surface area contributed by atoms with E-state index in [2.05, 4.69) is 13.8 Å². The number of ether oxygens (including phenoxy) is 1. The molecule has 0 aliphatic heterocycles. The highest BCUT2D eigenvalue weighted by Gasteiger charge is 2.50. The molecule has 0 amide bonds. The van der Waals surface area contributed by atoms with Gasteiger partial charge >= 0.3 is 5.97 Å². The Morgan fingerprint density at radius 1 is 1.32 bits per heavy atom. The molecule has 2 rings (SSSR count). The summed E-state index contributed by atoms with van der Waals surface area (Å²) < 4.78 is 6.00. The lowest BCUT2D eigenvalue weighted by atomic mass is 9.74. The van der Waals surface area contributed by atoms with Gasteiger partial charge in [0.1, 0.15) is 5.60 Å². The second-order valence-corrected chi connectivity index (χ2v) is 7.27. The van der Waals surface area contributed by atoms with Gasteiger partial charge < -0.3 is 4.74 Å². The van der Waals surface area contributed by atoms with Crippen LogP contribution in [0.3, 0.4) is 0 Å². The first-order valence-corrected chi connectivity index (χ1v) is 8.19. The minimum absolute atomic E-state index is 0.0126. The van der Waals surface area contributed by atoms with Crippen molar-refractivity contribution in [1.29, 1.82) is 0 Å². The standard InChI is InChI=1S/C17H30O2/c1-5-6-9-17(4,19-16(18)12(2)3)15-11-13-7-8-14(15)10-13/h12-15H,5-11H2,1-4H3. The molecule has 2 bridgehead atoms. The van der Waals surface area contributed by atoms with Gasteiger partial charge in [-0.1, -0.05) is 33.6 Å². The summed E-state index contributed by atoms with van der Waals surface area (Å²) in [7, 11) is 0. The Labute approximate surface area is 118 Å². The SMILES string of the molecule is CCCCC(C)(OC(=O)C(C)C)C1CC2CCC1C2. The lowest BCUT2D eigenvalue weighted by molar-refractivity contribution is -0.171. The van der Waals surface area contributed by atoms with E-state index in [0.717, 1.165) is 24.7 Å². The number of carbonyl (C=O) groups excluding carboxylic acids is 1. The molecule has 0 aromatic rings. The zero-order chi connectivity index (χ0) is 14.0. The minimum atomic E-state index is -0.211. The summed E-state index contributed by atoms with van der Waals surface area (Å²) in [6, 6.07) is 0. The van der Waals surface area contributed by atoms with E-state index in [1.165, 1.54) is 32.1 Å². The highest BCUT2D eigenvalue weighted by Crippen LogP contribution is 2.54.